The molecule has 1 aromatic heterocycles. The molecule has 5 nitrogen and oxygen atoms in total. The maximum atomic E-state index is 12.1. The molecule has 0 spiro atoms. The predicted molar refractivity (Wildman–Crippen MR) is 77.9 cm³/mol. The van der Waals surface area contributed by atoms with Crippen molar-refractivity contribution in [2.75, 3.05) is 13.1 Å². The SMILES string of the molecule is CC(C)c1cc(C(=O)NC2CCNCC2)nn1C.Cl. The van der Waals surface area contributed by atoms with Crippen LogP contribution in [0.2, 0.25) is 0 Å². The van der Waals surface area contributed by atoms with E-state index in [1.165, 1.54) is 0 Å². The number of aromatic nitrogens is 2. The Labute approximate surface area is 120 Å². The molecular weight excluding hydrogens is 264 g/mol. The Bertz CT molecular complexity index is 424. The highest BCUT2D eigenvalue weighted by molar-refractivity contribution is 5.92. The summed E-state index contributed by atoms with van der Waals surface area (Å²) in [6.07, 6.45) is 1.99. The number of piperidine rings is 1. The monoisotopic (exact) mass is 286 g/mol. The Morgan fingerprint density at radius 2 is 2.11 bits per heavy atom. The molecule has 108 valence electrons. The van der Waals surface area contributed by atoms with Crippen molar-refractivity contribution in [2.24, 2.45) is 7.05 Å². The van der Waals surface area contributed by atoms with E-state index in [4.69, 9.17) is 0 Å². The molecule has 1 amide bonds. The van der Waals surface area contributed by atoms with Crippen LogP contribution >= 0.6 is 12.4 Å². The fourth-order valence-corrected chi connectivity index (χ4v) is 2.36. The van der Waals surface area contributed by atoms with Crippen LogP contribution in [-0.2, 0) is 7.05 Å². The van der Waals surface area contributed by atoms with Gasteiger partial charge >= 0.3 is 0 Å². The first-order chi connectivity index (χ1) is 8.58. The highest BCUT2D eigenvalue weighted by Gasteiger charge is 2.19. The van der Waals surface area contributed by atoms with Crippen LogP contribution in [0.1, 0.15) is 48.8 Å². The van der Waals surface area contributed by atoms with Crippen molar-refractivity contribution in [1.82, 2.24) is 20.4 Å². The smallest absolute Gasteiger partial charge is 0.272 e. The molecule has 2 rings (SSSR count). The zero-order valence-corrected chi connectivity index (χ0v) is 12.6. The van der Waals surface area contributed by atoms with Gasteiger partial charge in [0.15, 0.2) is 0 Å². The second kappa shape index (κ2) is 6.91. The zero-order chi connectivity index (χ0) is 13.1. The molecule has 2 N–H and O–H groups in total. The van der Waals surface area contributed by atoms with Crippen LogP contribution in [0.3, 0.4) is 0 Å². The number of aryl methyl sites for hydroxylation is 1. The van der Waals surface area contributed by atoms with Crippen molar-refractivity contribution in [3.05, 3.63) is 17.5 Å². The Hall–Kier alpha value is -1.07. The molecule has 0 aliphatic carbocycles. The van der Waals surface area contributed by atoms with E-state index in [2.05, 4.69) is 29.6 Å². The highest BCUT2D eigenvalue weighted by Crippen LogP contribution is 2.15. The summed E-state index contributed by atoms with van der Waals surface area (Å²) < 4.78 is 1.79. The van der Waals surface area contributed by atoms with E-state index in [9.17, 15) is 4.79 Å². The molecule has 1 aromatic rings. The number of halogens is 1. The van der Waals surface area contributed by atoms with Crippen LogP contribution in [0.15, 0.2) is 6.07 Å². The van der Waals surface area contributed by atoms with Gasteiger partial charge in [0.2, 0.25) is 0 Å². The maximum Gasteiger partial charge on any atom is 0.272 e. The van der Waals surface area contributed by atoms with Gasteiger partial charge < -0.3 is 10.6 Å². The number of nitrogens with zero attached hydrogens (tertiary/aromatic N) is 2. The Kier molecular flexibility index (Phi) is 5.82. The average molecular weight is 287 g/mol. The Balaban J connectivity index is 0.00000180. The molecule has 0 aromatic carbocycles. The van der Waals surface area contributed by atoms with E-state index in [-0.39, 0.29) is 24.4 Å². The normalized spacial score (nSPS) is 16.2. The fraction of sp³-hybridized carbons (Fsp3) is 0.692. The average Bonchev–Trinajstić information content (AvgIpc) is 2.73. The quantitative estimate of drug-likeness (QED) is 0.884. The van der Waals surface area contributed by atoms with E-state index < -0.39 is 0 Å². The zero-order valence-electron chi connectivity index (χ0n) is 11.8. The lowest BCUT2D eigenvalue weighted by Crippen LogP contribution is -2.42. The summed E-state index contributed by atoms with van der Waals surface area (Å²) in [4.78, 5) is 12.1. The van der Waals surface area contributed by atoms with Crippen molar-refractivity contribution in [3.63, 3.8) is 0 Å². The van der Waals surface area contributed by atoms with Crippen molar-refractivity contribution < 1.29 is 4.79 Å². The van der Waals surface area contributed by atoms with Crippen LogP contribution in [0.5, 0.6) is 0 Å². The number of nitrogens with one attached hydrogen (secondary N) is 2. The predicted octanol–water partition coefficient (Wildman–Crippen LogP) is 1.45. The lowest BCUT2D eigenvalue weighted by atomic mass is 10.1. The molecule has 2 heterocycles. The number of rotatable bonds is 3. The van der Waals surface area contributed by atoms with E-state index >= 15 is 0 Å². The summed E-state index contributed by atoms with van der Waals surface area (Å²) in [6.45, 7) is 6.16. The molecule has 0 atom stereocenters. The maximum absolute atomic E-state index is 12.1. The van der Waals surface area contributed by atoms with Crippen LogP contribution in [0.4, 0.5) is 0 Å². The van der Waals surface area contributed by atoms with Crippen LogP contribution in [0.25, 0.3) is 0 Å². The molecular formula is C13H23ClN4O. The minimum absolute atomic E-state index is 0. The van der Waals surface area contributed by atoms with Gasteiger partial charge in [-0.05, 0) is 37.9 Å². The first-order valence-electron chi connectivity index (χ1n) is 6.63. The van der Waals surface area contributed by atoms with Gasteiger partial charge in [0, 0.05) is 18.8 Å². The van der Waals surface area contributed by atoms with Gasteiger partial charge in [0.05, 0.1) is 0 Å². The van der Waals surface area contributed by atoms with Gasteiger partial charge in [-0.15, -0.1) is 12.4 Å². The fourth-order valence-electron chi connectivity index (χ4n) is 2.36. The number of amides is 1. The highest BCUT2D eigenvalue weighted by atomic mass is 35.5. The molecule has 6 heteroatoms. The van der Waals surface area contributed by atoms with E-state index in [1.807, 2.05) is 13.1 Å². The van der Waals surface area contributed by atoms with Crippen molar-refractivity contribution in [3.8, 4) is 0 Å². The molecule has 1 fully saturated rings. The van der Waals surface area contributed by atoms with Gasteiger partial charge in [-0.1, -0.05) is 13.8 Å². The molecule has 0 unspecified atom stereocenters. The summed E-state index contributed by atoms with van der Waals surface area (Å²) in [7, 11) is 1.89. The van der Waals surface area contributed by atoms with Crippen LogP contribution in [0, 0.1) is 0 Å². The third-order valence-electron chi connectivity index (χ3n) is 3.41. The third kappa shape index (κ3) is 3.94. The first kappa shape index (κ1) is 16.0. The molecule has 0 saturated carbocycles. The van der Waals surface area contributed by atoms with E-state index in [0.717, 1.165) is 31.6 Å². The lowest BCUT2D eigenvalue weighted by Gasteiger charge is -2.23. The van der Waals surface area contributed by atoms with Crippen molar-refractivity contribution >= 4 is 18.3 Å². The summed E-state index contributed by atoms with van der Waals surface area (Å²) in [5.74, 6) is 0.326. The largest absolute Gasteiger partial charge is 0.348 e. The van der Waals surface area contributed by atoms with Crippen LogP contribution < -0.4 is 10.6 Å². The van der Waals surface area contributed by atoms with Gasteiger partial charge in [0.25, 0.3) is 5.91 Å². The van der Waals surface area contributed by atoms with Gasteiger partial charge in [-0.2, -0.15) is 5.10 Å². The summed E-state index contributed by atoms with van der Waals surface area (Å²) in [6, 6.07) is 2.17. The van der Waals surface area contributed by atoms with E-state index in [0.29, 0.717) is 11.6 Å². The molecule has 1 saturated heterocycles. The first-order valence-corrected chi connectivity index (χ1v) is 6.63. The number of hydrogen-bond acceptors (Lipinski definition) is 3. The summed E-state index contributed by atoms with van der Waals surface area (Å²) >= 11 is 0. The number of carbonyl (C=O) groups is 1. The molecule has 1 aliphatic rings. The third-order valence-corrected chi connectivity index (χ3v) is 3.41. The molecule has 1 aliphatic heterocycles. The number of hydrogen-bond donors (Lipinski definition) is 2. The Morgan fingerprint density at radius 3 is 2.63 bits per heavy atom. The molecule has 19 heavy (non-hydrogen) atoms. The summed E-state index contributed by atoms with van der Waals surface area (Å²) in [5.41, 5.74) is 1.62. The lowest BCUT2D eigenvalue weighted by molar-refractivity contribution is 0.0924. The summed E-state index contributed by atoms with van der Waals surface area (Å²) in [5, 5.41) is 10.6. The van der Waals surface area contributed by atoms with Crippen molar-refractivity contribution in [1.29, 1.82) is 0 Å². The second-order valence-corrected chi connectivity index (χ2v) is 5.23. The number of carbonyl (C=O) groups excluding carboxylic acids is 1. The van der Waals surface area contributed by atoms with Gasteiger partial charge in [-0.25, -0.2) is 0 Å². The topological polar surface area (TPSA) is 59.0 Å². The molecule has 0 bridgehead atoms. The van der Waals surface area contributed by atoms with Gasteiger partial charge in [-0.3, -0.25) is 9.48 Å². The Morgan fingerprint density at radius 1 is 1.47 bits per heavy atom. The van der Waals surface area contributed by atoms with Crippen molar-refractivity contribution in [2.45, 2.75) is 38.6 Å². The van der Waals surface area contributed by atoms with Crippen LogP contribution in [-0.4, -0.2) is 34.8 Å². The standard InChI is InChI=1S/C13H22N4O.ClH/c1-9(2)12-8-11(16-17(12)3)13(18)15-10-4-6-14-7-5-10;/h8-10,14H,4-7H2,1-3H3,(H,15,18);1H. The van der Waals surface area contributed by atoms with E-state index in [1.54, 1.807) is 4.68 Å². The van der Waals surface area contributed by atoms with Gasteiger partial charge in [0.1, 0.15) is 5.69 Å². The second-order valence-electron chi connectivity index (χ2n) is 5.23. The molecule has 0 radical (unpaired) electrons. The minimum atomic E-state index is -0.0515. The minimum Gasteiger partial charge on any atom is -0.348 e.